The molecule has 0 aromatic heterocycles. The lowest BCUT2D eigenvalue weighted by Crippen LogP contribution is -2.55. The summed E-state index contributed by atoms with van der Waals surface area (Å²) < 4.78 is 19.6. The van der Waals surface area contributed by atoms with E-state index in [1.165, 1.54) is 25.3 Å². The number of nitrogens with two attached hydrogens (primary N) is 1. The lowest BCUT2D eigenvalue weighted by Gasteiger charge is -2.52. The normalized spacial score (nSPS) is 20.8. The van der Waals surface area contributed by atoms with Crippen LogP contribution in [0.4, 0.5) is 20.6 Å². The first kappa shape index (κ1) is 24.9. The molecule has 2 saturated heterocycles. The van der Waals surface area contributed by atoms with Crippen molar-refractivity contribution in [2.75, 3.05) is 43.4 Å². The van der Waals surface area contributed by atoms with Crippen molar-refractivity contribution in [3.05, 3.63) is 59.9 Å². The monoisotopic (exact) mass is 494 g/mol. The summed E-state index contributed by atoms with van der Waals surface area (Å²) >= 11 is 0. The molecule has 2 aromatic carbocycles. The first-order valence-electron chi connectivity index (χ1n) is 13.5. The predicted molar refractivity (Wildman–Crippen MR) is 141 cm³/mol. The van der Waals surface area contributed by atoms with E-state index in [1.54, 1.807) is 6.07 Å². The average molecular weight is 495 g/mol. The van der Waals surface area contributed by atoms with Gasteiger partial charge in [-0.25, -0.2) is 9.18 Å². The number of likely N-dealkylation sites (tertiary alicyclic amines) is 1. The van der Waals surface area contributed by atoms with Gasteiger partial charge in [0.1, 0.15) is 12.4 Å². The summed E-state index contributed by atoms with van der Waals surface area (Å²) in [6.45, 7) is 5.61. The van der Waals surface area contributed by atoms with Crippen LogP contribution in [0.15, 0.2) is 48.5 Å². The molecule has 2 heterocycles. The van der Waals surface area contributed by atoms with Gasteiger partial charge in [0, 0.05) is 24.8 Å². The van der Waals surface area contributed by atoms with E-state index in [4.69, 9.17) is 10.5 Å². The number of piperidine rings is 2. The molecule has 1 saturated carbocycles. The van der Waals surface area contributed by atoms with E-state index in [-0.39, 0.29) is 18.0 Å². The summed E-state index contributed by atoms with van der Waals surface area (Å²) in [7, 11) is 0. The standard InChI is InChI=1S/C29H39FN4O2/c30-26-18-24(31)6-7-27(26)34-14-9-22(10-15-34)8-13-33-16-11-29(12-17-33)19-25(20-29)32-28(35)36-21-23-4-2-1-3-5-23/h1-7,18,22,25H,8-17,19-21,31H2,(H,32,35). The number of nitrogens with zero attached hydrogens (tertiary/aromatic N) is 2. The van der Waals surface area contributed by atoms with Crippen LogP contribution in [-0.4, -0.2) is 49.8 Å². The van der Waals surface area contributed by atoms with Crippen LogP contribution in [0, 0.1) is 17.2 Å². The van der Waals surface area contributed by atoms with E-state index >= 15 is 0 Å². The Hall–Kier alpha value is -2.80. The third kappa shape index (κ3) is 6.12. The molecule has 0 bridgehead atoms. The van der Waals surface area contributed by atoms with Gasteiger partial charge in [-0.05, 0) is 99.7 Å². The summed E-state index contributed by atoms with van der Waals surface area (Å²) in [4.78, 5) is 16.9. The Morgan fingerprint density at radius 1 is 1.06 bits per heavy atom. The molecule has 3 N–H and O–H groups in total. The van der Waals surface area contributed by atoms with Gasteiger partial charge in [-0.1, -0.05) is 30.3 Å². The summed E-state index contributed by atoms with van der Waals surface area (Å²) in [5.41, 5.74) is 8.26. The average Bonchev–Trinajstić information content (AvgIpc) is 2.87. The quantitative estimate of drug-likeness (QED) is 0.519. The molecule has 1 spiro atoms. The van der Waals surface area contributed by atoms with E-state index in [0.717, 1.165) is 64.0 Å². The number of amides is 1. The second-order valence-electron chi connectivity index (χ2n) is 11.1. The maximum Gasteiger partial charge on any atom is 0.407 e. The molecule has 2 aromatic rings. The number of alkyl carbamates (subject to hydrolysis) is 1. The van der Waals surface area contributed by atoms with Crippen LogP contribution in [0.25, 0.3) is 0 Å². The molecular weight excluding hydrogens is 455 g/mol. The minimum atomic E-state index is -0.304. The van der Waals surface area contributed by atoms with Crippen LogP contribution >= 0.6 is 0 Å². The molecule has 0 atom stereocenters. The number of nitrogen functional groups attached to an aromatic ring is 1. The first-order valence-corrected chi connectivity index (χ1v) is 13.5. The number of carbonyl (C=O) groups is 1. The molecule has 3 aliphatic rings. The van der Waals surface area contributed by atoms with Crippen molar-refractivity contribution < 1.29 is 13.9 Å². The third-order valence-corrected chi connectivity index (χ3v) is 8.59. The number of carbonyl (C=O) groups excluding carboxylic acids is 1. The second kappa shape index (κ2) is 11.1. The first-order chi connectivity index (χ1) is 17.5. The molecular formula is C29H39FN4O2. The van der Waals surface area contributed by atoms with Crippen molar-refractivity contribution >= 4 is 17.5 Å². The number of ether oxygens (including phenoxy) is 1. The summed E-state index contributed by atoms with van der Waals surface area (Å²) in [6, 6.07) is 15.0. The van der Waals surface area contributed by atoms with Gasteiger partial charge >= 0.3 is 6.09 Å². The van der Waals surface area contributed by atoms with Gasteiger partial charge in [0.15, 0.2) is 0 Å². The van der Waals surface area contributed by atoms with Gasteiger partial charge in [0.2, 0.25) is 0 Å². The molecule has 194 valence electrons. The minimum Gasteiger partial charge on any atom is -0.445 e. The number of halogens is 1. The Morgan fingerprint density at radius 3 is 2.47 bits per heavy atom. The van der Waals surface area contributed by atoms with Crippen LogP contribution < -0.4 is 16.0 Å². The Morgan fingerprint density at radius 2 is 1.78 bits per heavy atom. The van der Waals surface area contributed by atoms with Crippen LogP contribution in [0.3, 0.4) is 0 Å². The third-order valence-electron chi connectivity index (χ3n) is 8.59. The van der Waals surface area contributed by atoms with E-state index < -0.39 is 0 Å². The van der Waals surface area contributed by atoms with Crippen molar-refractivity contribution in [2.24, 2.45) is 11.3 Å². The fraction of sp³-hybridized carbons (Fsp3) is 0.552. The highest BCUT2D eigenvalue weighted by Crippen LogP contribution is 2.49. The van der Waals surface area contributed by atoms with Crippen molar-refractivity contribution in [1.82, 2.24) is 10.2 Å². The number of hydrogen-bond donors (Lipinski definition) is 2. The highest BCUT2D eigenvalue weighted by atomic mass is 19.1. The van der Waals surface area contributed by atoms with Crippen molar-refractivity contribution in [2.45, 2.75) is 57.6 Å². The molecule has 36 heavy (non-hydrogen) atoms. The molecule has 3 fully saturated rings. The summed E-state index contributed by atoms with van der Waals surface area (Å²) in [5.74, 6) is 0.501. The topological polar surface area (TPSA) is 70.8 Å². The molecule has 5 rings (SSSR count). The maximum atomic E-state index is 14.2. The molecule has 1 aliphatic carbocycles. The zero-order valence-electron chi connectivity index (χ0n) is 21.1. The Kier molecular flexibility index (Phi) is 7.65. The highest BCUT2D eigenvalue weighted by Gasteiger charge is 2.46. The van der Waals surface area contributed by atoms with Gasteiger partial charge in [-0.2, -0.15) is 0 Å². The van der Waals surface area contributed by atoms with E-state index in [1.807, 2.05) is 36.4 Å². The van der Waals surface area contributed by atoms with Crippen molar-refractivity contribution in [3.8, 4) is 0 Å². The van der Waals surface area contributed by atoms with E-state index in [2.05, 4.69) is 15.1 Å². The van der Waals surface area contributed by atoms with Crippen molar-refractivity contribution in [3.63, 3.8) is 0 Å². The number of anilines is 2. The Balaban J connectivity index is 0.959. The Labute approximate surface area is 214 Å². The number of benzene rings is 2. The van der Waals surface area contributed by atoms with Gasteiger partial charge in [0.25, 0.3) is 0 Å². The number of nitrogens with one attached hydrogen (secondary N) is 1. The minimum absolute atomic E-state index is 0.215. The van der Waals surface area contributed by atoms with E-state index in [9.17, 15) is 9.18 Å². The maximum absolute atomic E-state index is 14.2. The Bertz CT molecular complexity index is 1010. The molecule has 6 nitrogen and oxygen atoms in total. The molecule has 0 unspecified atom stereocenters. The fourth-order valence-electron chi connectivity index (χ4n) is 6.29. The van der Waals surface area contributed by atoms with Gasteiger partial charge in [0.05, 0.1) is 5.69 Å². The molecule has 1 amide bonds. The fourth-order valence-corrected chi connectivity index (χ4v) is 6.29. The lowest BCUT2D eigenvalue weighted by molar-refractivity contribution is 0.00376. The largest absolute Gasteiger partial charge is 0.445 e. The second-order valence-corrected chi connectivity index (χ2v) is 11.1. The predicted octanol–water partition coefficient (Wildman–Crippen LogP) is 5.19. The SMILES string of the molecule is Nc1ccc(N2CCC(CCN3CCC4(CC3)CC(NC(=O)OCc3ccccc3)C4)CC2)c(F)c1. The summed E-state index contributed by atoms with van der Waals surface area (Å²) in [5, 5.41) is 3.05. The molecule has 7 heteroatoms. The lowest BCUT2D eigenvalue weighted by atomic mass is 9.60. The van der Waals surface area contributed by atoms with Crippen LogP contribution in [0.1, 0.15) is 50.5 Å². The zero-order chi connectivity index (χ0) is 25.0. The number of rotatable bonds is 7. The summed E-state index contributed by atoms with van der Waals surface area (Å²) in [6.07, 6.45) is 7.75. The highest BCUT2D eigenvalue weighted by molar-refractivity contribution is 5.67. The van der Waals surface area contributed by atoms with Gasteiger partial charge in [-0.3, -0.25) is 0 Å². The molecule has 0 radical (unpaired) electrons. The zero-order valence-corrected chi connectivity index (χ0v) is 21.1. The van der Waals surface area contributed by atoms with Crippen LogP contribution in [-0.2, 0) is 11.3 Å². The smallest absolute Gasteiger partial charge is 0.407 e. The van der Waals surface area contributed by atoms with Gasteiger partial charge in [-0.15, -0.1) is 0 Å². The van der Waals surface area contributed by atoms with Gasteiger partial charge < -0.3 is 25.6 Å². The van der Waals surface area contributed by atoms with Crippen LogP contribution in [0.2, 0.25) is 0 Å². The number of hydrogen-bond acceptors (Lipinski definition) is 5. The van der Waals surface area contributed by atoms with Crippen molar-refractivity contribution in [1.29, 1.82) is 0 Å². The molecule has 2 aliphatic heterocycles. The van der Waals surface area contributed by atoms with E-state index in [0.29, 0.717) is 29.3 Å². The van der Waals surface area contributed by atoms with Crippen LogP contribution in [0.5, 0.6) is 0 Å².